The molecule has 28 heavy (non-hydrogen) atoms. The fourth-order valence-electron chi connectivity index (χ4n) is 3.13. The summed E-state index contributed by atoms with van der Waals surface area (Å²) in [5.74, 6) is 0.635. The minimum atomic E-state index is -0.163. The number of carbonyl (C=O) groups excluding carboxylic acids is 1. The molecule has 1 amide bonds. The first-order valence-electron chi connectivity index (χ1n) is 9.51. The maximum atomic E-state index is 12.4. The zero-order valence-corrected chi connectivity index (χ0v) is 17.0. The highest BCUT2D eigenvalue weighted by Gasteiger charge is 2.17. The molecule has 2 aromatic rings. The van der Waals surface area contributed by atoms with Gasteiger partial charge in [0.25, 0.3) is 5.91 Å². The van der Waals surface area contributed by atoms with Gasteiger partial charge in [-0.2, -0.15) is 5.10 Å². The van der Waals surface area contributed by atoms with Crippen LogP contribution in [0.15, 0.2) is 36.5 Å². The Morgan fingerprint density at radius 1 is 1.36 bits per heavy atom. The minimum absolute atomic E-state index is 0. The van der Waals surface area contributed by atoms with Gasteiger partial charge in [-0.05, 0) is 43.1 Å². The first-order valence-corrected chi connectivity index (χ1v) is 9.51. The van der Waals surface area contributed by atoms with Crippen LogP contribution in [0.3, 0.4) is 0 Å². The molecule has 154 valence electrons. The monoisotopic (exact) mass is 408 g/mol. The van der Waals surface area contributed by atoms with E-state index in [9.17, 15) is 4.79 Å². The van der Waals surface area contributed by atoms with Gasteiger partial charge in [0.1, 0.15) is 11.4 Å². The van der Waals surface area contributed by atoms with E-state index in [1.54, 1.807) is 13.2 Å². The van der Waals surface area contributed by atoms with Crippen molar-refractivity contribution in [2.24, 2.45) is 0 Å². The van der Waals surface area contributed by atoms with E-state index in [4.69, 9.17) is 9.47 Å². The highest BCUT2D eigenvalue weighted by molar-refractivity contribution is 5.92. The number of rotatable bonds is 9. The Kier molecular flexibility index (Phi) is 9.27. The minimum Gasteiger partial charge on any atom is -0.493 e. The van der Waals surface area contributed by atoms with Crippen molar-refractivity contribution in [3.8, 4) is 5.75 Å². The molecule has 7 nitrogen and oxygen atoms in total. The molecule has 0 aliphatic carbocycles. The number of aromatic nitrogens is 2. The molecular formula is C20H29ClN4O3. The Morgan fingerprint density at radius 2 is 2.25 bits per heavy atom. The van der Waals surface area contributed by atoms with E-state index in [1.807, 2.05) is 35.1 Å². The van der Waals surface area contributed by atoms with Gasteiger partial charge < -0.3 is 20.1 Å². The van der Waals surface area contributed by atoms with Crippen LogP contribution >= 0.6 is 12.4 Å². The van der Waals surface area contributed by atoms with Gasteiger partial charge in [-0.3, -0.25) is 9.48 Å². The molecule has 1 atom stereocenters. The molecule has 0 radical (unpaired) electrons. The number of ether oxygens (including phenoxy) is 2. The number of amides is 1. The van der Waals surface area contributed by atoms with Crippen LogP contribution in [-0.2, 0) is 11.3 Å². The molecule has 2 heterocycles. The summed E-state index contributed by atoms with van der Waals surface area (Å²) < 4.78 is 12.6. The van der Waals surface area contributed by atoms with E-state index in [0.717, 1.165) is 43.7 Å². The number of nitrogens with zero attached hydrogens (tertiary/aromatic N) is 2. The Morgan fingerprint density at radius 3 is 3.04 bits per heavy atom. The quantitative estimate of drug-likeness (QED) is 0.623. The topological polar surface area (TPSA) is 77.4 Å². The van der Waals surface area contributed by atoms with Crippen molar-refractivity contribution in [3.63, 3.8) is 0 Å². The molecule has 0 bridgehead atoms. The van der Waals surface area contributed by atoms with Crippen molar-refractivity contribution < 1.29 is 14.3 Å². The normalized spacial score (nSPS) is 16.2. The zero-order valence-electron chi connectivity index (χ0n) is 16.2. The van der Waals surface area contributed by atoms with Gasteiger partial charge >= 0.3 is 0 Å². The van der Waals surface area contributed by atoms with Crippen LogP contribution < -0.4 is 15.4 Å². The highest BCUT2D eigenvalue weighted by Crippen LogP contribution is 2.16. The third kappa shape index (κ3) is 6.51. The van der Waals surface area contributed by atoms with E-state index in [2.05, 4.69) is 15.7 Å². The molecule has 1 aliphatic heterocycles. The van der Waals surface area contributed by atoms with Gasteiger partial charge in [-0.25, -0.2) is 0 Å². The molecule has 3 rings (SSSR count). The average molecular weight is 409 g/mol. The Hall–Kier alpha value is -2.09. The molecule has 0 spiro atoms. The van der Waals surface area contributed by atoms with Crippen LogP contribution in [0.1, 0.15) is 41.4 Å². The molecular weight excluding hydrogens is 380 g/mol. The molecule has 0 saturated carbocycles. The molecule has 1 unspecified atom stereocenters. The lowest BCUT2D eigenvalue weighted by Gasteiger charge is -2.22. The Labute approximate surface area is 172 Å². The Bertz CT molecular complexity index is 732. The van der Waals surface area contributed by atoms with E-state index < -0.39 is 0 Å². The number of halogens is 1. The number of hydrogen-bond donors (Lipinski definition) is 2. The van der Waals surface area contributed by atoms with Gasteiger partial charge in [0.05, 0.1) is 12.6 Å². The average Bonchev–Trinajstić information content (AvgIpc) is 3.21. The van der Waals surface area contributed by atoms with E-state index >= 15 is 0 Å². The second kappa shape index (κ2) is 11.7. The maximum Gasteiger partial charge on any atom is 0.272 e. The lowest BCUT2D eigenvalue weighted by Crippen LogP contribution is -2.32. The largest absolute Gasteiger partial charge is 0.493 e. The third-order valence-corrected chi connectivity index (χ3v) is 4.60. The molecule has 1 fully saturated rings. The van der Waals surface area contributed by atoms with Crippen LogP contribution in [0.25, 0.3) is 0 Å². The smallest absolute Gasteiger partial charge is 0.272 e. The van der Waals surface area contributed by atoms with E-state index in [1.165, 1.54) is 0 Å². The first kappa shape index (κ1) is 22.2. The Balaban J connectivity index is 0.00000280. The number of piperidine rings is 1. The summed E-state index contributed by atoms with van der Waals surface area (Å²) in [5.41, 5.74) is 1.44. The SMILES string of the molecule is COCCCOc1cccc(CNC(=O)c2ccn(C3CCCNC3)n2)c1.Cl. The summed E-state index contributed by atoms with van der Waals surface area (Å²) in [7, 11) is 1.68. The fraction of sp³-hybridized carbons (Fsp3) is 0.500. The van der Waals surface area contributed by atoms with Gasteiger partial charge in [0, 0.05) is 39.4 Å². The van der Waals surface area contributed by atoms with Gasteiger partial charge in [0.15, 0.2) is 0 Å². The summed E-state index contributed by atoms with van der Waals surface area (Å²) in [5, 5.41) is 10.7. The lowest BCUT2D eigenvalue weighted by molar-refractivity contribution is 0.0944. The van der Waals surface area contributed by atoms with E-state index in [0.29, 0.717) is 31.5 Å². The molecule has 8 heteroatoms. The highest BCUT2D eigenvalue weighted by atomic mass is 35.5. The summed E-state index contributed by atoms with van der Waals surface area (Å²) >= 11 is 0. The van der Waals surface area contributed by atoms with Gasteiger partial charge in [-0.15, -0.1) is 12.4 Å². The summed E-state index contributed by atoms with van der Waals surface area (Å²) in [6.45, 7) is 3.68. The molecule has 1 aromatic carbocycles. The van der Waals surface area contributed by atoms with Gasteiger partial charge in [-0.1, -0.05) is 12.1 Å². The van der Waals surface area contributed by atoms with Crippen LogP contribution in [0, 0.1) is 0 Å². The maximum absolute atomic E-state index is 12.4. The molecule has 1 aliphatic rings. The predicted molar refractivity (Wildman–Crippen MR) is 110 cm³/mol. The molecule has 1 saturated heterocycles. The van der Waals surface area contributed by atoms with Crippen molar-refractivity contribution in [1.82, 2.24) is 20.4 Å². The van der Waals surface area contributed by atoms with Crippen LogP contribution in [0.2, 0.25) is 0 Å². The van der Waals surface area contributed by atoms with Crippen LogP contribution in [-0.4, -0.2) is 49.1 Å². The van der Waals surface area contributed by atoms with Crippen LogP contribution in [0.4, 0.5) is 0 Å². The van der Waals surface area contributed by atoms with Crippen LogP contribution in [0.5, 0.6) is 5.75 Å². The number of methoxy groups -OCH3 is 1. The third-order valence-electron chi connectivity index (χ3n) is 4.60. The lowest BCUT2D eigenvalue weighted by atomic mass is 10.1. The second-order valence-corrected chi connectivity index (χ2v) is 6.71. The zero-order chi connectivity index (χ0) is 18.9. The molecule has 2 N–H and O–H groups in total. The second-order valence-electron chi connectivity index (χ2n) is 6.71. The van der Waals surface area contributed by atoms with Crippen molar-refractivity contribution in [1.29, 1.82) is 0 Å². The predicted octanol–water partition coefficient (Wildman–Crippen LogP) is 2.57. The molecule has 1 aromatic heterocycles. The van der Waals surface area contributed by atoms with Crippen molar-refractivity contribution in [3.05, 3.63) is 47.8 Å². The summed E-state index contributed by atoms with van der Waals surface area (Å²) in [6.07, 6.45) is 4.96. The van der Waals surface area contributed by atoms with Crippen molar-refractivity contribution in [2.75, 3.05) is 33.4 Å². The number of hydrogen-bond acceptors (Lipinski definition) is 5. The number of benzene rings is 1. The number of carbonyl (C=O) groups is 1. The van der Waals surface area contributed by atoms with Crippen molar-refractivity contribution in [2.45, 2.75) is 31.8 Å². The van der Waals surface area contributed by atoms with Gasteiger partial charge in [0.2, 0.25) is 0 Å². The first-order chi connectivity index (χ1) is 13.3. The fourth-order valence-corrected chi connectivity index (χ4v) is 3.13. The standard InChI is InChI=1S/C20H28N4O3.ClH/c1-26-11-4-12-27-18-7-2-5-16(13-18)14-22-20(25)19-8-10-24(23-19)17-6-3-9-21-15-17;/h2,5,7-8,10,13,17,21H,3-4,6,9,11-12,14-15H2,1H3,(H,22,25);1H. The van der Waals surface area contributed by atoms with E-state index in [-0.39, 0.29) is 18.3 Å². The van der Waals surface area contributed by atoms with Crippen molar-refractivity contribution >= 4 is 18.3 Å². The number of nitrogens with one attached hydrogen (secondary N) is 2. The summed E-state index contributed by atoms with van der Waals surface area (Å²) in [4.78, 5) is 12.4. The summed E-state index contributed by atoms with van der Waals surface area (Å²) in [6, 6.07) is 9.86.